The van der Waals surface area contributed by atoms with Gasteiger partial charge in [-0.3, -0.25) is 4.79 Å². The van der Waals surface area contributed by atoms with Gasteiger partial charge in [0.05, 0.1) is 6.42 Å². The Hall–Kier alpha value is -1.39. The van der Waals surface area contributed by atoms with E-state index in [1.165, 1.54) is 11.9 Å². The monoisotopic (exact) mass is 296 g/mol. The van der Waals surface area contributed by atoms with Crippen LogP contribution in [0, 0.1) is 0 Å². The van der Waals surface area contributed by atoms with Crippen molar-refractivity contribution in [3.8, 4) is 0 Å². The zero-order valence-corrected chi connectivity index (χ0v) is 12.0. The minimum Gasteiger partial charge on any atom is -0.481 e. The van der Waals surface area contributed by atoms with Crippen molar-refractivity contribution in [1.29, 1.82) is 0 Å². The molecule has 0 fully saturated rings. The van der Waals surface area contributed by atoms with Gasteiger partial charge in [-0.15, -0.1) is 0 Å². The lowest BCUT2D eigenvalue weighted by atomic mass is 10.4. The predicted octanol–water partition coefficient (Wildman–Crippen LogP) is -1.50. The smallest absolute Gasteiger partial charge is 0.316 e. The van der Waals surface area contributed by atoms with Crippen LogP contribution in [0.5, 0.6) is 0 Å². The van der Waals surface area contributed by atoms with E-state index in [1.54, 1.807) is 14.1 Å². The average Bonchev–Trinajstić information content (AvgIpc) is 2.30. The van der Waals surface area contributed by atoms with Crippen molar-refractivity contribution in [2.75, 3.05) is 40.8 Å². The largest absolute Gasteiger partial charge is 0.481 e. The highest BCUT2D eigenvalue weighted by atomic mass is 32.2. The zero-order chi connectivity index (χ0) is 15.1. The molecule has 0 saturated carbocycles. The summed E-state index contributed by atoms with van der Waals surface area (Å²) in [5, 5.41) is 11.0. The van der Waals surface area contributed by atoms with E-state index >= 15 is 0 Å². The summed E-state index contributed by atoms with van der Waals surface area (Å²) in [6, 6.07) is -0.321. The molecule has 0 saturated heterocycles. The quantitative estimate of drug-likeness (QED) is 0.471. The number of hydrogen-bond acceptors (Lipinski definition) is 4. The van der Waals surface area contributed by atoms with E-state index < -0.39 is 16.2 Å². The Morgan fingerprint density at radius 1 is 1.16 bits per heavy atom. The van der Waals surface area contributed by atoms with Crippen LogP contribution in [0.1, 0.15) is 6.42 Å². The van der Waals surface area contributed by atoms with E-state index in [1.807, 2.05) is 0 Å². The van der Waals surface area contributed by atoms with E-state index in [0.717, 1.165) is 4.31 Å². The Labute approximate surface area is 112 Å². The fourth-order valence-electron chi connectivity index (χ4n) is 0.991. The first kappa shape index (κ1) is 17.6. The molecule has 0 bridgehead atoms. The lowest BCUT2D eigenvalue weighted by Crippen LogP contribution is -2.44. The number of rotatable bonds is 8. The molecule has 10 heteroatoms. The molecule has 0 aliphatic rings. The molecule has 0 atom stereocenters. The van der Waals surface area contributed by atoms with Gasteiger partial charge in [-0.1, -0.05) is 0 Å². The summed E-state index contributed by atoms with van der Waals surface area (Å²) in [4.78, 5) is 22.8. The van der Waals surface area contributed by atoms with Crippen LogP contribution in [0.3, 0.4) is 0 Å². The maximum Gasteiger partial charge on any atom is 0.316 e. The molecule has 0 aromatic heterocycles. The molecule has 112 valence electrons. The molecule has 0 aromatic rings. The topological polar surface area (TPSA) is 119 Å². The maximum atomic E-state index is 11.6. The third-order valence-electron chi connectivity index (χ3n) is 2.14. The highest BCUT2D eigenvalue weighted by molar-refractivity contribution is 7.87. The van der Waals surface area contributed by atoms with Crippen LogP contribution in [0.25, 0.3) is 0 Å². The van der Waals surface area contributed by atoms with Crippen molar-refractivity contribution in [3.63, 3.8) is 0 Å². The summed E-state index contributed by atoms with van der Waals surface area (Å²) >= 11 is 0. The summed E-state index contributed by atoms with van der Waals surface area (Å²) in [5.41, 5.74) is 0. The van der Waals surface area contributed by atoms with Crippen LogP contribution >= 0.6 is 0 Å². The van der Waals surface area contributed by atoms with Gasteiger partial charge in [0, 0.05) is 40.8 Å². The van der Waals surface area contributed by atoms with E-state index in [2.05, 4.69) is 10.0 Å². The van der Waals surface area contributed by atoms with Crippen molar-refractivity contribution >= 4 is 22.2 Å². The van der Waals surface area contributed by atoms with Crippen LogP contribution in [0.2, 0.25) is 0 Å². The van der Waals surface area contributed by atoms with E-state index in [0.29, 0.717) is 0 Å². The fraction of sp³-hybridized carbons (Fsp3) is 0.778. The van der Waals surface area contributed by atoms with Gasteiger partial charge in [0.25, 0.3) is 10.2 Å². The number of hydrogen-bond donors (Lipinski definition) is 3. The van der Waals surface area contributed by atoms with Crippen LogP contribution < -0.4 is 10.0 Å². The van der Waals surface area contributed by atoms with Crippen LogP contribution in [0.15, 0.2) is 0 Å². The molecule has 0 unspecified atom stereocenters. The molecule has 0 aromatic carbocycles. The van der Waals surface area contributed by atoms with Crippen molar-refractivity contribution in [2.45, 2.75) is 6.42 Å². The lowest BCUT2D eigenvalue weighted by Gasteiger charge is -2.17. The fourth-order valence-corrected chi connectivity index (χ4v) is 1.90. The number of carboxylic acid groups (broad SMARTS) is 1. The summed E-state index contributed by atoms with van der Waals surface area (Å²) in [6.45, 7) is 0.0526. The van der Waals surface area contributed by atoms with Crippen molar-refractivity contribution in [3.05, 3.63) is 0 Å². The van der Waals surface area contributed by atoms with Crippen molar-refractivity contribution < 1.29 is 23.1 Å². The van der Waals surface area contributed by atoms with Crippen LogP contribution in [-0.2, 0) is 15.0 Å². The van der Waals surface area contributed by atoms with E-state index in [-0.39, 0.29) is 32.1 Å². The molecule has 0 aliphatic carbocycles. The minimum atomic E-state index is -3.72. The number of carboxylic acids is 1. The second kappa shape index (κ2) is 7.92. The van der Waals surface area contributed by atoms with Gasteiger partial charge in [0.1, 0.15) is 0 Å². The number of carbonyl (C=O) groups is 2. The highest BCUT2D eigenvalue weighted by Gasteiger charge is 2.17. The van der Waals surface area contributed by atoms with Gasteiger partial charge in [-0.25, -0.2) is 9.52 Å². The Morgan fingerprint density at radius 3 is 2.21 bits per heavy atom. The number of nitrogens with one attached hydrogen (secondary N) is 2. The molecular weight excluding hydrogens is 276 g/mol. The first-order valence-electron chi connectivity index (χ1n) is 5.54. The van der Waals surface area contributed by atoms with Gasteiger partial charge >= 0.3 is 12.0 Å². The second-order valence-corrected chi connectivity index (χ2v) is 5.85. The number of nitrogens with zero attached hydrogens (tertiary/aromatic N) is 2. The first-order chi connectivity index (χ1) is 8.66. The molecule has 0 radical (unpaired) electrons. The summed E-state index contributed by atoms with van der Waals surface area (Å²) < 4.78 is 26.4. The van der Waals surface area contributed by atoms with Gasteiger partial charge in [-0.2, -0.15) is 12.7 Å². The van der Waals surface area contributed by atoms with Gasteiger partial charge in [-0.05, 0) is 0 Å². The first-order valence-corrected chi connectivity index (χ1v) is 6.98. The SMILES string of the molecule is CN(C)C(=O)NCCNS(=O)(=O)N(C)CCC(=O)O. The summed E-state index contributed by atoms with van der Waals surface area (Å²) in [5.74, 6) is -1.07. The van der Waals surface area contributed by atoms with Gasteiger partial charge in [0.15, 0.2) is 0 Å². The van der Waals surface area contributed by atoms with Crippen LogP contribution in [-0.4, -0.2) is 75.5 Å². The molecule has 0 spiro atoms. The summed E-state index contributed by atoms with van der Waals surface area (Å²) in [6.07, 6.45) is -0.269. The molecule has 0 heterocycles. The maximum absolute atomic E-state index is 11.6. The number of aliphatic carboxylic acids is 1. The van der Waals surface area contributed by atoms with Gasteiger partial charge in [0.2, 0.25) is 0 Å². The van der Waals surface area contributed by atoms with E-state index in [4.69, 9.17) is 5.11 Å². The molecule has 9 nitrogen and oxygen atoms in total. The van der Waals surface area contributed by atoms with Crippen molar-refractivity contribution in [2.24, 2.45) is 0 Å². The number of urea groups is 1. The second-order valence-electron chi connectivity index (χ2n) is 3.99. The third kappa shape index (κ3) is 7.59. The Balaban J connectivity index is 4.03. The molecule has 3 N–H and O–H groups in total. The molecule has 0 rings (SSSR count). The summed E-state index contributed by atoms with van der Waals surface area (Å²) in [7, 11) is 0.700. The molecule has 2 amide bonds. The predicted molar refractivity (Wildman–Crippen MR) is 68.9 cm³/mol. The number of amides is 2. The van der Waals surface area contributed by atoms with E-state index in [9.17, 15) is 18.0 Å². The van der Waals surface area contributed by atoms with Gasteiger partial charge < -0.3 is 15.3 Å². The Morgan fingerprint density at radius 2 is 1.74 bits per heavy atom. The molecular formula is C9H20N4O5S. The average molecular weight is 296 g/mol. The highest BCUT2D eigenvalue weighted by Crippen LogP contribution is 1.95. The zero-order valence-electron chi connectivity index (χ0n) is 11.2. The number of carbonyl (C=O) groups excluding carboxylic acids is 1. The molecule has 0 aliphatic heterocycles. The Bertz CT molecular complexity index is 409. The third-order valence-corrected chi connectivity index (χ3v) is 3.71. The minimum absolute atomic E-state index is 0.0271. The lowest BCUT2D eigenvalue weighted by molar-refractivity contribution is -0.137. The van der Waals surface area contributed by atoms with Crippen molar-refractivity contribution in [1.82, 2.24) is 19.2 Å². The van der Waals surface area contributed by atoms with Crippen LogP contribution in [0.4, 0.5) is 4.79 Å². The normalized spacial score (nSPS) is 11.4. The molecule has 19 heavy (non-hydrogen) atoms. The Kier molecular flexibility index (Phi) is 7.34. The standard InChI is InChI=1S/C9H20N4O5S/c1-12(2)9(16)10-5-6-11-19(17,18)13(3)7-4-8(14)15/h11H,4-7H2,1-3H3,(H,10,16)(H,14,15).